The van der Waals surface area contributed by atoms with Gasteiger partial charge in [0, 0.05) is 11.8 Å². The van der Waals surface area contributed by atoms with Gasteiger partial charge in [0.25, 0.3) is 0 Å². The van der Waals surface area contributed by atoms with E-state index < -0.39 is 36.5 Å². The number of aliphatic carboxylic acids is 1. The van der Waals surface area contributed by atoms with E-state index in [4.69, 9.17) is 10.8 Å². The van der Waals surface area contributed by atoms with Crippen LogP contribution in [-0.2, 0) is 4.79 Å². The Hall–Kier alpha value is -0.380. The van der Waals surface area contributed by atoms with E-state index in [1.54, 1.807) is 0 Å². The lowest BCUT2D eigenvalue weighted by Crippen LogP contribution is -2.36. The minimum absolute atomic E-state index is 0.341. The van der Waals surface area contributed by atoms with Crippen LogP contribution in [0.5, 0.6) is 0 Å². The van der Waals surface area contributed by atoms with Gasteiger partial charge in [-0.1, -0.05) is 0 Å². The number of hydrogen-bond donors (Lipinski definition) is 6. The molecule has 1 rings (SSSR count). The minimum Gasteiger partial charge on any atom is -0.480 e. The van der Waals surface area contributed by atoms with Crippen molar-refractivity contribution >= 4 is 17.7 Å². The van der Waals surface area contributed by atoms with Gasteiger partial charge in [0.1, 0.15) is 18.4 Å². The number of carboxylic acid groups (broad SMARTS) is 1. The molecule has 1 aliphatic heterocycles. The van der Waals surface area contributed by atoms with Crippen molar-refractivity contribution in [2.75, 3.05) is 11.5 Å². The molecule has 1 heterocycles. The summed E-state index contributed by atoms with van der Waals surface area (Å²) in [5, 5.41) is 39.2. The molecule has 0 saturated carbocycles. The fourth-order valence-electron chi connectivity index (χ4n) is 1.53. The highest BCUT2D eigenvalue weighted by Gasteiger charge is 2.39. The molecule has 5 atom stereocenters. The average Bonchev–Trinajstić information content (AvgIpc) is 2.52. The van der Waals surface area contributed by atoms with Crippen molar-refractivity contribution in [1.82, 2.24) is 5.32 Å². The quantitative estimate of drug-likeness (QED) is 0.291. The molecule has 0 aromatic heterocycles. The molecule has 7 nitrogen and oxygen atoms in total. The molecule has 8 heteroatoms. The predicted molar refractivity (Wildman–Crippen MR) is 62.5 cm³/mol. The van der Waals surface area contributed by atoms with Crippen LogP contribution in [0.1, 0.15) is 6.42 Å². The summed E-state index contributed by atoms with van der Waals surface area (Å²) in [6.07, 6.45) is -2.96. The van der Waals surface area contributed by atoms with Crippen molar-refractivity contribution in [3.63, 3.8) is 0 Å². The lowest BCUT2D eigenvalue weighted by atomic mass is 10.1. The fraction of sp³-hybridized carbons (Fsp3) is 0.889. The number of thioether (sulfide) groups is 1. The summed E-state index contributed by atoms with van der Waals surface area (Å²) in [7, 11) is 0. The van der Waals surface area contributed by atoms with Crippen LogP contribution in [0, 0.1) is 0 Å². The van der Waals surface area contributed by atoms with Gasteiger partial charge < -0.3 is 26.2 Å². The molecule has 0 radical (unpaired) electrons. The topological polar surface area (TPSA) is 136 Å². The lowest BCUT2D eigenvalue weighted by Gasteiger charge is -2.15. The smallest absolute Gasteiger partial charge is 0.320 e. The maximum absolute atomic E-state index is 10.4. The third-order valence-electron chi connectivity index (χ3n) is 2.66. The predicted octanol–water partition coefficient (Wildman–Crippen LogP) is -2.47. The first-order valence-electron chi connectivity index (χ1n) is 5.30. The second kappa shape index (κ2) is 6.53. The summed E-state index contributed by atoms with van der Waals surface area (Å²) < 4.78 is 0. The van der Waals surface area contributed by atoms with Crippen molar-refractivity contribution in [3.05, 3.63) is 0 Å². The molecule has 1 fully saturated rings. The van der Waals surface area contributed by atoms with Crippen molar-refractivity contribution in [1.29, 1.82) is 0 Å². The molecule has 1 aliphatic rings. The van der Waals surface area contributed by atoms with Gasteiger partial charge in [0.15, 0.2) is 0 Å². The summed E-state index contributed by atoms with van der Waals surface area (Å²) in [4.78, 5) is 10.4. The first kappa shape index (κ1) is 14.7. The molecule has 7 N–H and O–H groups in total. The summed E-state index contributed by atoms with van der Waals surface area (Å²) in [6, 6.07) is -1.27. The van der Waals surface area contributed by atoms with Crippen LogP contribution in [-0.4, -0.2) is 68.4 Å². The molecule has 0 aromatic carbocycles. The number of aliphatic hydroxyl groups excluding tert-OH is 3. The Bertz CT molecular complexity index is 268. The van der Waals surface area contributed by atoms with Crippen molar-refractivity contribution in [3.8, 4) is 0 Å². The van der Waals surface area contributed by atoms with E-state index in [1.807, 2.05) is 0 Å². The third-order valence-corrected chi connectivity index (χ3v) is 3.78. The minimum atomic E-state index is -1.18. The molecule has 0 amide bonds. The number of nitrogens with one attached hydrogen (secondary N) is 1. The van der Waals surface area contributed by atoms with E-state index in [-0.39, 0.29) is 0 Å². The largest absolute Gasteiger partial charge is 0.480 e. The van der Waals surface area contributed by atoms with Crippen molar-refractivity contribution < 1.29 is 25.2 Å². The first-order valence-corrected chi connectivity index (χ1v) is 6.45. The van der Waals surface area contributed by atoms with Gasteiger partial charge >= 0.3 is 5.97 Å². The zero-order valence-corrected chi connectivity index (χ0v) is 10.0. The Kier molecular flexibility index (Phi) is 5.63. The number of carbonyl (C=O) groups is 1. The molecular formula is C9H18N2O5S. The molecule has 0 aromatic rings. The van der Waals surface area contributed by atoms with Crippen molar-refractivity contribution in [2.45, 2.75) is 36.9 Å². The Morgan fingerprint density at radius 3 is 2.47 bits per heavy atom. The standard InChI is InChI=1S/C9H18N2O5S/c10-4(9(15)16)1-2-17-3-5-6(12)7(13)8(14)11-5/h4-8,11-14H,1-3,10H2,(H,15,16)/t4-,5+,6+,7+,8?/m0/s1. The lowest BCUT2D eigenvalue weighted by molar-refractivity contribution is -0.138. The number of carboxylic acids is 1. The maximum atomic E-state index is 10.4. The second-order valence-electron chi connectivity index (χ2n) is 4.01. The maximum Gasteiger partial charge on any atom is 0.320 e. The highest BCUT2D eigenvalue weighted by Crippen LogP contribution is 2.17. The Morgan fingerprint density at radius 1 is 1.35 bits per heavy atom. The molecule has 17 heavy (non-hydrogen) atoms. The summed E-state index contributed by atoms with van der Waals surface area (Å²) in [5.41, 5.74) is 5.32. The summed E-state index contributed by atoms with van der Waals surface area (Å²) >= 11 is 1.42. The van der Waals surface area contributed by atoms with Crippen molar-refractivity contribution in [2.24, 2.45) is 5.73 Å². The van der Waals surface area contributed by atoms with Gasteiger partial charge in [0.05, 0.1) is 6.10 Å². The Labute approximate surface area is 103 Å². The van der Waals surface area contributed by atoms with E-state index in [9.17, 15) is 20.1 Å². The van der Waals surface area contributed by atoms with Crippen LogP contribution in [0.15, 0.2) is 0 Å². The highest BCUT2D eigenvalue weighted by atomic mass is 32.2. The zero-order chi connectivity index (χ0) is 13.0. The third kappa shape index (κ3) is 4.09. The average molecular weight is 266 g/mol. The van der Waals surface area contributed by atoms with Gasteiger partial charge in [-0.3, -0.25) is 10.1 Å². The molecule has 0 aliphatic carbocycles. The van der Waals surface area contributed by atoms with Crippen LogP contribution in [0.2, 0.25) is 0 Å². The summed E-state index contributed by atoms with van der Waals surface area (Å²) in [5.74, 6) is -0.0119. The molecule has 1 unspecified atom stereocenters. The summed E-state index contributed by atoms with van der Waals surface area (Å²) in [6.45, 7) is 0. The van der Waals surface area contributed by atoms with Gasteiger partial charge in [0.2, 0.25) is 0 Å². The fourth-order valence-corrected chi connectivity index (χ4v) is 2.67. The van der Waals surface area contributed by atoms with E-state index in [1.165, 1.54) is 11.8 Å². The first-order chi connectivity index (χ1) is 7.93. The number of aliphatic hydroxyl groups is 3. The van der Waals surface area contributed by atoms with Gasteiger partial charge in [-0.05, 0) is 12.2 Å². The molecular weight excluding hydrogens is 248 g/mol. The number of rotatable bonds is 6. The second-order valence-corrected chi connectivity index (χ2v) is 5.16. The number of nitrogens with two attached hydrogens (primary N) is 1. The van der Waals surface area contributed by atoms with Gasteiger partial charge in [-0.15, -0.1) is 0 Å². The van der Waals surface area contributed by atoms with E-state index in [0.717, 1.165) is 0 Å². The van der Waals surface area contributed by atoms with Gasteiger partial charge in [-0.2, -0.15) is 11.8 Å². The molecule has 1 saturated heterocycles. The normalized spacial score (nSPS) is 34.8. The molecule has 0 spiro atoms. The Morgan fingerprint density at radius 2 is 2.00 bits per heavy atom. The highest BCUT2D eigenvalue weighted by molar-refractivity contribution is 7.99. The SMILES string of the molecule is N[C@@H](CCSC[C@H]1NC(O)[C@H](O)[C@@H]1O)C(=O)O. The van der Waals surface area contributed by atoms with Crippen LogP contribution >= 0.6 is 11.8 Å². The van der Waals surface area contributed by atoms with E-state index >= 15 is 0 Å². The Balaban J connectivity index is 2.17. The van der Waals surface area contributed by atoms with Crippen LogP contribution in [0.3, 0.4) is 0 Å². The van der Waals surface area contributed by atoms with E-state index in [2.05, 4.69) is 5.32 Å². The molecule has 0 bridgehead atoms. The zero-order valence-electron chi connectivity index (χ0n) is 9.19. The van der Waals surface area contributed by atoms with Crippen LogP contribution in [0.4, 0.5) is 0 Å². The molecule has 100 valence electrons. The van der Waals surface area contributed by atoms with Crippen LogP contribution in [0.25, 0.3) is 0 Å². The number of hydrogen-bond acceptors (Lipinski definition) is 7. The monoisotopic (exact) mass is 266 g/mol. The van der Waals surface area contributed by atoms with Gasteiger partial charge in [-0.25, -0.2) is 0 Å². The van der Waals surface area contributed by atoms with E-state index in [0.29, 0.717) is 17.9 Å². The van der Waals surface area contributed by atoms with Crippen LogP contribution < -0.4 is 11.1 Å².